The molecule has 2 rings (SSSR count). The first-order chi connectivity index (χ1) is 14.7. The molecular formula is C28H42O4S. The van der Waals surface area contributed by atoms with Crippen LogP contribution in [0.1, 0.15) is 94.2 Å². The molecule has 0 aromatic heterocycles. The van der Waals surface area contributed by atoms with Crippen LogP contribution in [0.15, 0.2) is 34.1 Å². The molecule has 0 aliphatic heterocycles. The van der Waals surface area contributed by atoms with Gasteiger partial charge in [0, 0.05) is 20.9 Å². The molecule has 2 aromatic carbocycles. The number of rotatable bonds is 4. The molecule has 2 N–H and O–H groups in total. The Morgan fingerprint density at radius 2 is 0.848 bits per heavy atom. The quantitative estimate of drug-likeness (QED) is 0.468. The van der Waals surface area contributed by atoms with Crippen LogP contribution >= 0.6 is 11.8 Å². The summed E-state index contributed by atoms with van der Waals surface area (Å²) in [5.74, 6) is 1.30. The summed E-state index contributed by atoms with van der Waals surface area (Å²) in [7, 11) is 0. The van der Waals surface area contributed by atoms with E-state index in [4.69, 9.17) is 9.47 Å². The summed E-state index contributed by atoms with van der Waals surface area (Å²) in [6, 6.07) is 7.80. The SMILES string of the molecule is CC(C)(C)Oc1cc(Sc2cc(OC(C)(C)C)c(O)c(C(C)(C)C)c2)cc(C(C)(C)C)c1O. The van der Waals surface area contributed by atoms with Gasteiger partial charge in [0.25, 0.3) is 0 Å². The van der Waals surface area contributed by atoms with Crippen LogP contribution in [0.5, 0.6) is 23.0 Å². The van der Waals surface area contributed by atoms with Gasteiger partial charge in [-0.3, -0.25) is 0 Å². The highest BCUT2D eigenvalue weighted by molar-refractivity contribution is 7.99. The maximum absolute atomic E-state index is 10.9. The Bertz CT molecular complexity index is 916. The van der Waals surface area contributed by atoms with Crippen LogP contribution in [0.4, 0.5) is 0 Å². The normalized spacial score (nSPS) is 13.2. The van der Waals surface area contributed by atoms with E-state index in [0.717, 1.165) is 20.9 Å². The van der Waals surface area contributed by atoms with Crippen LogP contribution in [0, 0.1) is 0 Å². The summed E-state index contributed by atoms with van der Waals surface area (Å²) < 4.78 is 12.2. The smallest absolute Gasteiger partial charge is 0.163 e. The zero-order valence-electron chi connectivity index (χ0n) is 22.4. The van der Waals surface area contributed by atoms with Crippen molar-refractivity contribution in [1.82, 2.24) is 0 Å². The van der Waals surface area contributed by atoms with Crippen LogP contribution in [0.25, 0.3) is 0 Å². The van der Waals surface area contributed by atoms with Crippen molar-refractivity contribution in [2.24, 2.45) is 0 Å². The van der Waals surface area contributed by atoms with Crippen molar-refractivity contribution in [2.75, 3.05) is 0 Å². The summed E-state index contributed by atoms with van der Waals surface area (Å²) in [6.07, 6.45) is 0. The van der Waals surface area contributed by atoms with E-state index in [1.165, 1.54) is 0 Å². The molecule has 184 valence electrons. The maximum Gasteiger partial charge on any atom is 0.163 e. The molecule has 0 spiro atoms. The Morgan fingerprint density at radius 3 is 1.09 bits per heavy atom. The van der Waals surface area contributed by atoms with Gasteiger partial charge in [0.2, 0.25) is 0 Å². The van der Waals surface area contributed by atoms with Gasteiger partial charge in [0.15, 0.2) is 23.0 Å². The lowest BCUT2D eigenvalue weighted by Crippen LogP contribution is -2.23. The first kappa shape index (κ1) is 27.2. The molecule has 0 saturated heterocycles. The Kier molecular flexibility index (Phi) is 7.41. The molecule has 0 aliphatic carbocycles. The monoisotopic (exact) mass is 474 g/mol. The van der Waals surface area contributed by atoms with E-state index in [-0.39, 0.29) is 22.3 Å². The molecular weight excluding hydrogens is 432 g/mol. The average Bonchev–Trinajstić information content (AvgIpc) is 2.55. The molecule has 0 heterocycles. The summed E-state index contributed by atoms with van der Waals surface area (Å²) in [4.78, 5) is 1.90. The highest BCUT2D eigenvalue weighted by Crippen LogP contribution is 2.47. The molecule has 0 saturated carbocycles. The Balaban J connectivity index is 2.66. The van der Waals surface area contributed by atoms with Gasteiger partial charge in [0.1, 0.15) is 11.2 Å². The molecule has 0 fully saturated rings. The fourth-order valence-corrected chi connectivity index (χ4v) is 4.34. The molecule has 0 aliphatic rings. The standard InChI is InChI=1S/C28H42O4S/c1-25(2,3)19-13-17(15-21(23(19)29)31-27(7,8)9)33-18-14-20(26(4,5)6)24(30)22(16-18)32-28(10,11)12/h13-16,29-30H,1-12H3. The van der Waals surface area contributed by atoms with E-state index in [0.29, 0.717) is 11.5 Å². The summed E-state index contributed by atoms with van der Waals surface area (Å²) in [6.45, 7) is 24.2. The third kappa shape index (κ3) is 7.49. The minimum atomic E-state index is -0.443. The number of hydrogen-bond acceptors (Lipinski definition) is 5. The van der Waals surface area contributed by atoms with Gasteiger partial charge in [-0.05, 0) is 76.6 Å². The topological polar surface area (TPSA) is 58.9 Å². The van der Waals surface area contributed by atoms with Crippen LogP contribution < -0.4 is 9.47 Å². The fraction of sp³-hybridized carbons (Fsp3) is 0.571. The summed E-state index contributed by atoms with van der Waals surface area (Å²) >= 11 is 1.56. The van der Waals surface area contributed by atoms with Gasteiger partial charge in [-0.15, -0.1) is 0 Å². The molecule has 2 aromatic rings. The molecule has 0 atom stereocenters. The van der Waals surface area contributed by atoms with Gasteiger partial charge in [-0.1, -0.05) is 53.3 Å². The molecule has 0 amide bonds. The number of hydrogen-bond donors (Lipinski definition) is 2. The fourth-order valence-electron chi connectivity index (χ4n) is 3.38. The predicted molar refractivity (Wildman–Crippen MR) is 138 cm³/mol. The Labute approximate surface area is 204 Å². The summed E-state index contributed by atoms with van der Waals surface area (Å²) in [5, 5.41) is 21.9. The highest BCUT2D eigenvalue weighted by atomic mass is 32.2. The van der Waals surface area contributed by atoms with Crippen molar-refractivity contribution in [1.29, 1.82) is 0 Å². The number of benzene rings is 2. The second kappa shape index (κ2) is 8.98. The molecule has 5 heteroatoms. The van der Waals surface area contributed by atoms with E-state index >= 15 is 0 Å². The Morgan fingerprint density at radius 1 is 0.545 bits per heavy atom. The molecule has 0 unspecified atom stereocenters. The largest absolute Gasteiger partial charge is 0.504 e. The lowest BCUT2D eigenvalue weighted by molar-refractivity contribution is 0.124. The first-order valence-electron chi connectivity index (χ1n) is 11.5. The molecule has 0 radical (unpaired) electrons. The number of ether oxygens (including phenoxy) is 2. The van der Waals surface area contributed by atoms with Crippen LogP contribution in [0.3, 0.4) is 0 Å². The molecule has 33 heavy (non-hydrogen) atoms. The predicted octanol–water partition coefficient (Wildman–Crippen LogP) is 8.20. The number of phenols is 2. The zero-order chi connectivity index (χ0) is 25.6. The minimum absolute atomic E-state index is 0.180. The Hall–Kier alpha value is -2.01. The lowest BCUT2D eigenvalue weighted by Gasteiger charge is -2.28. The van der Waals surface area contributed by atoms with Gasteiger partial charge in [-0.2, -0.15) is 0 Å². The van der Waals surface area contributed by atoms with E-state index in [1.54, 1.807) is 11.8 Å². The van der Waals surface area contributed by atoms with Crippen LogP contribution in [0.2, 0.25) is 0 Å². The van der Waals surface area contributed by atoms with Gasteiger partial charge >= 0.3 is 0 Å². The van der Waals surface area contributed by atoms with Crippen molar-refractivity contribution in [3.8, 4) is 23.0 Å². The van der Waals surface area contributed by atoms with Crippen molar-refractivity contribution in [2.45, 2.75) is 115 Å². The average molecular weight is 475 g/mol. The zero-order valence-corrected chi connectivity index (χ0v) is 23.2. The van der Waals surface area contributed by atoms with Gasteiger partial charge in [0.05, 0.1) is 0 Å². The van der Waals surface area contributed by atoms with Crippen molar-refractivity contribution in [3.05, 3.63) is 35.4 Å². The molecule has 4 nitrogen and oxygen atoms in total. The van der Waals surface area contributed by atoms with Crippen molar-refractivity contribution >= 4 is 11.8 Å². The molecule has 0 bridgehead atoms. The number of aromatic hydroxyl groups is 2. The van der Waals surface area contributed by atoms with E-state index < -0.39 is 11.2 Å². The third-order valence-corrected chi connectivity index (χ3v) is 5.72. The third-order valence-electron chi connectivity index (χ3n) is 4.78. The van der Waals surface area contributed by atoms with E-state index in [1.807, 2.05) is 65.8 Å². The number of phenolic OH excluding ortho intramolecular Hbond substituents is 2. The van der Waals surface area contributed by atoms with E-state index in [9.17, 15) is 10.2 Å². The van der Waals surface area contributed by atoms with Gasteiger partial charge in [-0.25, -0.2) is 0 Å². The maximum atomic E-state index is 10.9. The second-order valence-electron chi connectivity index (χ2n) is 12.7. The van der Waals surface area contributed by atoms with Crippen molar-refractivity contribution < 1.29 is 19.7 Å². The first-order valence-corrected chi connectivity index (χ1v) is 12.3. The highest BCUT2D eigenvalue weighted by Gasteiger charge is 2.27. The van der Waals surface area contributed by atoms with Crippen LogP contribution in [-0.4, -0.2) is 21.4 Å². The summed E-state index contributed by atoms with van der Waals surface area (Å²) in [5.41, 5.74) is 0.245. The van der Waals surface area contributed by atoms with Gasteiger partial charge < -0.3 is 19.7 Å². The van der Waals surface area contributed by atoms with Crippen LogP contribution in [-0.2, 0) is 10.8 Å². The lowest BCUT2D eigenvalue weighted by atomic mass is 9.86. The van der Waals surface area contributed by atoms with Crippen molar-refractivity contribution in [3.63, 3.8) is 0 Å². The minimum Gasteiger partial charge on any atom is -0.504 e. The second-order valence-corrected chi connectivity index (χ2v) is 13.8. The van der Waals surface area contributed by atoms with E-state index in [2.05, 4.69) is 41.5 Å².